The van der Waals surface area contributed by atoms with E-state index in [1.807, 2.05) is 30.3 Å². The van der Waals surface area contributed by atoms with Crippen molar-refractivity contribution >= 4 is 35.2 Å². The number of ether oxygens (including phenoxy) is 1. The maximum absolute atomic E-state index is 11.8. The molecule has 0 aliphatic rings. The van der Waals surface area contributed by atoms with Crippen LogP contribution < -0.4 is 0 Å². The topological polar surface area (TPSA) is 57.0 Å². The first-order valence-corrected chi connectivity index (χ1v) is 8.58. The molecule has 1 aromatic heterocycles. The Bertz CT molecular complexity index is 924. The fourth-order valence-corrected chi connectivity index (χ4v) is 2.54. The number of halogens is 2. The fourth-order valence-electron chi connectivity index (χ4n) is 2.22. The molecule has 3 aromatic rings. The van der Waals surface area contributed by atoms with Crippen molar-refractivity contribution in [3.63, 3.8) is 0 Å². The minimum absolute atomic E-state index is 0.112. The van der Waals surface area contributed by atoms with Gasteiger partial charge in [0.1, 0.15) is 12.3 Å². The smallest absolute Gasteiger partial charge is 0.331 e. The van der Waals surface area contributed by atoms with Gasteiger partial charge < -0.3 is 4.74 Å². The number of benzene rings is 2. The van der Waals surface area contributed by atoms with Crippen molar-refractivity contribution in [2.75, 3.05) is 0 Å². The van der Waals surface area contributed by atoms with Gasteiger partial charge in [-0.05, 0) is 29.3 Å². The van der Waals surface area contributed by atoms with E-state index in [0.717, 1.165) is 11.1 Å². The molecule has 3 rings (SSSR count). The lowest BCUT2D eigenvalue weighted by Gasteiger charge is -2.03. The van der Waals surface area contributed by atoms with Crippen molar-refractivity contribution in [1.29, 1.82) is 0 Å². The summed E-state index contributed by atoms with van der Waals surface area (Å²) in [4.78, 5) is 11.8. The molecule has 2 aromatic carbocycles. The Labute approximate surface area is 160 Å². The summed E-state index contributed by atoms with van der Waals surface area (Å²) in [5.74, 6) is -0.478. The molecule has 0 amide bonds. The molecule has 1 heterocycles. The maximum Gasteiger partial charge on any atom is 0.331 e. The van der Waals surface area contributed by atoms with Crippen LogP contribution in [0.15, 0.2) is 60.8 Å². The third-order valence-electron chi connectivity index (χ3n) is 3.50. The van der Waals surface area contributed by atoms with Crippen LogP contribution in [-0.4, -0.2) is 21.0 Å². The Hall–Kier alpha value is -2.63. The molecule has 0 fully saturated rings. The van der Waals surface area contributed by atoms with Crippen LogP contribution in [0.25, 0.3) is 6.08 Å². The lowest BCUT2D eigenvalue weighted by atomic mass is 10.2. The second-order valence-electron chi connectivity index (χ2n) is 5.52. The Morgan fingerprint density at radius 2 is 1.88 bits per heavy atom. The minimum atomic E-state index is -0.478. The average molecular weight is 388 g/mol. The van der Waals surface area contributed by atoms with Gasteiger partial charge in [-0.3, -0.25) is 0 Å². The number of hydrogen-bond acceptors (Lipinski definition) is 4. The monoisotopic (exact) mass is 387 g/mol. The van der Waals surface area contributed by atoms with Gasteiger partial charge in [-0.2, -0.15) is 0 Å². The quantitative estimate of drug-likeness (QED) is 0.464. The predicted octanol–water partition coefficient (Wildman–Crippen LogP) is 4.39. The van der Waals surface area contributed by atoms with E-state index >= 15 is 0 Å². The Morgan fingerprint density at radius 3 is 2.65 bits per heavy atom. The molecule has 0 radical (unpaired) electrons. The standard InChI is InChI=1S/C19H15Cl2N3O2/c20-17-8-6-15(10-18(17)21)13-26-19(25)9-7-16-12-24(23-22-16)11-14-4-2-1-3-5-14/h1-10,12H,11,13H2/b9-7+. The zero-order valence-corrected chi connectivity index (χ0v) is 15.2. The number of hydrogen-bond donors (Lipinski definition) is 0. The summed E-state index contributed by atoms with van der Waals surface area (Å²) in [5, 5.41) is 8.93. The summed E-state index contributed by atoms with van der Waals surface area (Å²) >= 11 is 11.8. The highest BCUT2D eigenvalue weighted by molar-refractivity contribution is 6.42. The summed E-state index contributed by atoms with van der Waals surface area (Å²) < 4.78 is 6.87. The number of rotatable bonds is 6. The zero-order valence-electron chi connectivity index (χ0n) is 13.7. The zero-order chi connectivity index (χ0) is 18.4. The Morgan fingerprint density at radius 1 is 1.08 bits per heavy atom. The van der Waals surface area contributed by atoms with Gasteiger partial charge in [-0.1, -0.05) is 64.8 Å². The summed E-state index contributed by atoms with van der Waals surface area (Å²) in [6.07, 6.45) is 4.63. The van der Waals surface area contributed by atoms with Crippen molar-refractivity contribution in [2.45, 2.75) is 13.2 Å². The highest BCUT2D eigenvalue weighted by atomic mass is 35.5. The minimum Gasteiger partial charge on any atom is -0.458 e. The normalized spacial score (nSPS) is 11.0. The van der Waals surface area contributed by atoms with E-state index in [4.69, 9.17) is 27.9 Å². The fraction of sp³-hybridized carbons (Fsp3) is 0.105. The number of esters is 1. The predicted molar refractivity (Wildman–Crippen MR) is 101 cm³/mol. The van der Waals surface area contributed by atoms with Crippen LogP contribution in [-0.2, 0) is 22.7 Å². The van der Waals surface area contributed by atoms with Crippen molar-refractivity contribution in [3.8, 4) is 0 Å². The van der Waals surface area contributed by atoms with E-state index in [1.54, 1.807) is 35.2 Å². The van der Waals surface area contributed by atoms with Crippen LogP contribution in [0.2, 0.25) is 10.0 Å². The van der Waals surface area contributed by atoms with Crippen molar-refractivity contribution in [3.05, 3.63) is 87.7 Å². The molecule has 0 saturated heterocycles. The first kappa shape index (κ1) is 18.2. The van der Waals surface area contributed by atoms with E-state index in [-0.39, 0.29) is 6.61 Å². The van der Waals surface area contributed by atoms with E-state index in [1.165, 1.54) is 6.08 Å². The maximum atomic E-state index is 11.8. The molecule has 0 spiro atoms. The first-order valence-electron chi connectivity index (χ1n) is 7.83. The van der Waals surface area contributed by atoms with Crippen LogP contribution in [0.1, 0.15) is 16.8 Å². The van der Waals surface area contributed by atoms with Crippen molar-refractivity contribution < 1.29 is 9.53 Å². The lowest BCUT2D eigenvalue weighted by Crippen LogP contribution is -2.00. The Kier molecular flexibility index (Phi) is 6.04. The molecule has 26 heavy (non-hydrogen) atoms. The number of nitrogens with zero attached hydrogens (tertiary/aromatic N) is 3. The molecule has 0 saturated carbocycles. The lowest BCUT2D eigenvalue weighted by molar-refractivity contribution is -0.138. The van der Waals surface area contributed by atoms with Crippen molar-refractivity contribution in [2.24, 2.45) is 0 Å². The molecule has 7 heteroatoms. The van der Waals surface area contributed by atoms with Gasteiger partial charge in [-0.15, -0.1) is 5.10 Å². The third kappa shape index (κ3) is 5.18. The van der Waals surface area contributed by atoms with Gasteiger partial charge in [0.25, 0.3) is 0 Å². The third-order valence-corrected chi connectivity index (χ3v) is 4.24. The van der Waals surface area contributed by atoms with Crippen molar-refractivity contribution in [1.82, 2.24) is 15.0 Å². The molecule has 0 atom stereocenters. The van der Waals surface area contributed by atoms with Gasteiger partial charge in [0.2, 0.25) is 0 Å². The van der Waals surface area contributed by atoms with E-state index in [2.05, 4.69) is 10.3 Å². The van der Waals surface area contributed by atoms with E-state index in [9.17, 15) is 4.79 Å². The van der Waals surface area contributed by atoms with Gasteiger partial charge in [-0.25, -0.2) is 9.48 Å². The summed E-state index contributed by atoms with van der Waals surface area (Å²) in [7, 11) is 0. The largest absolute Gasteiger partial charge is 0.458 e. The first-order chi connectivity index (χ1) is 12.6. The van der Waals surface area contributed by atoms with E-state index in [0.29, 0.717) is 22.3 Å². The molecule has 0 bridgehead atoms. The van der Waals surface area contributed by atoms with Gasteiger partial charge >= 0.3 is 5.97 Å². The summed E-state index contributed by atoms with van der Waals surface area (Å²) in [5.41, 5.74) is 2.45. The molecule has 0 unspecified atom stereocenters. The number of aromatic nitrogens is 3. The van der Waals surface area contributed by atoms with Gasteiger partial charge in [0.05, 0.1) is 22.8 Å². The van der Waals surface area contributed by atoms with Crippen LogP contribution in [0, 0.1) is 0 Å². The molecule has 0 aliphatic carbocycles. The molecular weight excluding hydrogens is 373 g/mol. The number of carbonyl (C=O) groups excluding carboxylic acids is 1. The SMILES string of the molecule is O=C(/C=C/c1cn(Cc2ccccc2)nn1)OCc1ccc(Cl)c(Cl)c1. The van der Waals surface area contributed by atoms with Crippen LogP contribution in [0.5, 0.6) is 0 Å². The molecule has 0 aliphatic heterocycles. The molecular formula is C19H15Cl2N3O2. The number of carbonyl (C=O) groups is 1. The second-order valence-corrected chi connectivity index (χ2v) is 6.33. The molecule has 0 N–H and O–H groups in total. The second kappa shape index (κ2) is 8.65. The van der Waals surface area contributed by atoms with Crippen LogP contribution >= 0.6 is 23.2 Å². The molecule has 5 nitrogen and oxygen atoms in total. The highest BCUT2D eigenvalue weighted by Gasteiger charge is 2.04. The van der Waals surface area contributed by atoms with Crippen LogP contribution in [0.3, 0.4) is 0 Å². The van der Waals surface area contributed by atoms with Crippen LogP contribution in [0.4, 0.5) is 0 Å². The van der Waals surface area contributed by atoms with E-state index < -0.39 is 5.97 Å². The Balaban J connectivity index is 1.52. The average Bonchev–Trinajstić information content (AvgIpc) is 3.09. The highest BCUT2D eigenvalue weighted by Crippen LogP contribution is 2.22. The molecule has 132 valence electrons. The summed E-state index contributed by atoms with van der Waals surface area (Å²) in [6, 6.07) is 15.0. The van der Waals surface area contributed by atoms with Gasteiger partial charge in [0.15, 0.2) is 0 Å². The summed E-state index contributed by atoms with van der Waals surface area (Å²) in [6.45, 7) is 0.726. The van der Waals surface area contributed by atoms with Gasteiger partial charge in [0, 0.05) is 6.08 Å².